The highest BCUT2D eigenvalue weighted by molar-refractivity contribution is 9.10. The number of carboxylic acids is 1. The van der Waals surface area contributed by atoms with Gasteiger partial charge < -0.3 is 15.7 Å². The number of amides is 2. The van der Waals surface area contributed by atoms with Crippen molar-refractivity contribution in [3.8, 4) is 0 Å². The fourth-order valence-electron chi connectivity index (χ4n) is 1.40. The monoisotopic (exact) mass is 368 g/mol. The fraction of sp³-hybridized carbons (Fsp3) is 0.333. The molecule has 116 valence electrons. The summed E-state index contributed by atoms with van der Waals surface area (Å²) in [5, 5.41) is 13.2. The number of halogens is 4. The number of alkyl halides is 3. The third kappa shape index (κ3) is 6.03. The van der Waals surface area contributed by atoms with Crippen molar-refractivity contribution >= 4 is 33.6 Å². The quantitative estimate of drug-likeness (QED) is 0.696. The lowest BCUT2D eigenvalue weighted by Crippen LogP contribution is -2.30. The number of nitrogens with one attached hydrogen (secondary N) is 2. The number of carboxylic acid groups (broad SMARTS) is 1. The molecule has 21 heavy (non-hydrogen) atoms. The van der Waals surface area contributed by atoms with Gasteiger partial charge in [-0.15, -0.1) is 0 Å². The van der Waals surface area contributed by atoms with Gasteiger partial charge in [0, 0.05) is 17.4 Å². The standard InChI is InChI=1S/C12H12BrF3N2O3/c13-8-6-7(12(14,15)16)3-4-9(8)18-11(21)17-5-1-2-10(19)20/h3-4,6H,1-2,5H2,(H,19,20)(H2,17,18,21). The number of benzene rings is 1. The Labute approximate surface area is 126 Å². The van der Waals surface area contributed by atoms with Crippen LogP contribution < -0.4 is 10.6 Å². The van der Waals surface area contributed by atoms with Gasteiger partial charge in [-0.1, -0.05) is 0 Å². The second kappa shape index (κ2) is 7.30. The van der Waals surface area contributed by atoms with Gasteiger partial charge >= 0.3 is 18.2 Å². The van der Waals surface area contributed by atoms with E-state index < -0.39 is 23.7 Å². The molecule has 0 saturated carbocycles. The van der Waals surface area contributed by atoms with Crippen molar-refractivity contribution in [2.75, 3.05) is 11.9 Å². The van der Waals surface area contributed by atoms with Crippen LogP contribution in [0.3, 0.4) is 0 Å². The highest BCUT2D eigenvalue weighted by Gasteiger charge is 2.30. The van der Waals surface area contributed by atoms with Crippen molar-refractivity contribution in [1.29, 1.82) is 0 Å². The molecule has 1 rings (SSSR count). The fourth-order valence-corrected chi connectivity index (χ4v) is 1.88. The van der Waals surface area contributed by atoms with Crippen LogP contribution in [-0.2, 0) is 11.0 Å². The molecule has 3 N–H and O–H groups in total. The van der Waals surface area contributed by atoms with Gasteiger partial charge in [-0.05, 0) is 40.5 Å². The van der Waals surface area contributed by atoms with E-state index in [1.165, 1.54) is 0 Å². The maximum atomic E-state index is 12.5. The van der Waals surface area contributed by atoms with Gasteiger partial charge in [0.05, 0.1) is 11.3 Å². The number of carbonyl (C=O) groups excluding carboxylic acids is 1. The van der Waals surface area contributed by atoms with Crippen LogP contribution in [0, 0.1) is 0 Å². The van der Waals surface area contributed by atoms with E-state index >= 15 is 0 Å². The molecule has 0 aliphatic carbocycles. The summed E-state index contributed by atoms with van der Waals surface area (Å²) in [6, 6.07) is 2.22. The second-order valence-electron chi connectivity index (χ2n) is 4.07. The number of urea groups is 1. The molecule has 0 saturated heterocycles. The third-order valence-corrected chi connectivity index (χ3v) is 3.05. The molecule has 2 amide bonds. The van der Waals surface area contributed by atoms with Crippen LogP contribution in [0.25, 0.3) is 0 Å². The van der Waals surface area contributed by atoms with Gasteiger partial charge in [0.15, 0.2) is 0 Å². The van der Waals surface area contributed by atoms with Gasteiger partial charge in [-0.25, -0.2) is 4.79 Å². The number of anilines is 1. The summed E-state index contributed by atoms with van der Waals surface area (Å²) in [7, 11) is 0. The zero-order valence-corrected chi connectivity index (χ0v) is 12.2. The normalized spacial score (nSPS) is 11.0. The lowest BCUT2D eigenvalue weighted by molar-refractivity contribution is -0.138. The van der Waals surface area contributed by atoms with Gasteiger partial charge in [0.25, 0.3) is 0 Å². The van der Waals surface area contributed by atoms with Crippen LogP contribution in [-0.4, -0.2) is 23.7 Å². The Morgan fingerprint density at radius 3 is 2.48 bits per heavy atom. The van der Waals surface area contributed by atoms with E-state index in [2.05, 4.69) is 26.6 Å². The van der Waals surface area contributed by atoms with Gasteiger partial charge in [-0.3, -0.25) is 4.79 Å². The number of carbonyl (C=O) groups is 2. The number of aliphatic carboxylic acids is 1. The van der Waals surface area contributed by atoms with Crippen LogP contribution in [0.5, 0.6) is 0 Å². The van der Waals surface area contributed by atoms with Crippen molar-refractivity contribution in [3.63, 3.8) is 0 Å². The minimum absolute atomic E-state index is 0.0791. The number of hydrogen-bond donors (Lipinski definition) is 3. The zero-order chi connectivity index (χ0) is 16.0. The van der Waals surface area contributed by atoms with Crippen molar-refractivity contribution in [1.82, 2.24) is 5.32 Å². The third-order valence-electron chi connectivity index (χ3n) is 2.40. The Kier molecular flexibility index (Phi) is 6.01. The molecule has 1 aromatic rings. The molecule has 0 aliphatic rings. The largest absolute Gasteiger partial charge is 0.481 e. The Bertz CT molecular complexity index is 535. The molecule has 0 aliphatic heterocycles. The molecule has 5 nitrogen and oxygen atoms in total. The molecule has 0 atom stereocenters. The minimum Gasteiger partial charge on any atom is -0.481 e. The lowest BCUT2D eigenvalue weighted by atomic mass is 10.2. The Morgan fingerprint density at radius 2 is 1.95 bits per heavy atom. The maximum Gasteiger partial charge on any atom is 0.416 e. The first kappa shape index (κ1) is 17.3. The molecule has 9 heteroatoms. The van der Waals surface area contributed by atoms with E-state index in [0.29, 0.717) is 0 Å². The van der Waals surface area contributed by atoms with Crippen LogP contribution >= 0.6 is 15.9 Å². The first-order chi connectivity index (χ1) is 9.70. The minimum atomic E-state index is -4.46. The first-order valence-electron chi connectivity index (χ1n) is 5.83. The summed E-state index contributed by atoms with van der Waals surface area (Å²) < 4.78 is 37.5. The van der Waals surface area contributed by atoms with E-state index in [1.54, 1.807) is 0 Å². The Hall–Kier alpha value is -1.77. The SMILES string of the molecule is O=C(O)CCCNC(=O)Nc1ccc(C(F)(F)F)cc1Br. The van der Waals surface area contributed by atoms with Crippen molar-refractivity contribution in [2.45, 2.75) is 19.0 Å². The summed E-state index contributed by atoms with van der Waals surface area (Å²) >= 11 is 2.95. The number of rotatable bonds is 5. The predicted molar refractivity (Wildman–Crippen MR) is 73.0 cm³/mol. The highest BCUT2D eigenvalue weighted by atomic mass is 79.9. The molecular formula is C12H12BrF3N2O3. The molecule has 0 unspecified atom stereocenters. The van der Waals surface area contributed by atoms with Crippen molar-refractivity contribution < 1.29 is 27.9 Å². The molecule has 0 heterocycles. The number of hydrogen-bond acceptors (Lipinski definition) is 2. The summed E-state index contributed by atoms with van der Waals surface area (Å²) in [5.41, 5.74) is -0.652. The zero-order valence-electron chi connectivity index (χ0n) is 10.6. The first-order valence-corrected chi connectivity index (χ1v) is 6.63. The van der Waals surface area contributed by atoms with Crippen LogP contribution in [0.4, 0.5) is 23.7 Å². The summed E-state index contributed by atoms with van der Waals surface area (Å²) in [4.78, 5) is 21.7. The molecule has 0 aromatic heterocycles. The van der Waals surface area contributed by atoms with Crippen molar-refractivity contribution in [2.24, 2.45) is 0 Å². The van der Waals surface area contributed by atoms with Gasteiger partial charge in [-0.2, -0.15) is 13.2 Å². The topological polar surface area (TPSA) is 78.4 Å². The predicted octanol–water partition coefficient (Wildman–Crippen LogP) is 3.45. The molecule has 0 radical (unpaired) electrons. The maximum absolute atomic E-state index is 12.5. The average molecular weight is 369 g/mol. The van der Waals surface area contributed by atoms with E-state index in [1.807, 2.05) is 0 Å². The molecule has 0 fully saturated rings. The smallest absolute Gasteiger partial charge is 0.416 e. The van der Waals surface area contributed by atoms with Crippen LogP contribution in [0.2, 0.25) is 0 Å². The summed E-state index contributed by atoms with van der Waals surface area (Å²) in [6.07, 6.45) is -4.28. The van der Waals surface area contributed by atoms with Crippen LogP contribution in [0.15, 0.2) is 22.7 Å². The Morgan fingerprint density at radius 1 is 1.29 bits per heavy atom. The van der Waals surface area contributed by atoms with Gasteiger partial charge in [0.2, 0.25) is 0 Å². The molecule has 0 bridgehead atoms. The lowest BCUT2D eigenvalue weighted by Gasteiger charge is -2.11. The van der Waals surface area contributed by atoms with Gasteiger partial charge in [0.1, 0.15) is 0 Å². The molecule has 0 spiro atoms. The summed E-state index contributed by atoms with van der Waals surface area (Å²) in [5.74, 6) is -0.970. The van der Waals surface area contributed by atoms with Crippen molar-refractivity contribution in [3.05, 3.63) is 28.2 Å². The molecule has 1 aromatic carbocycles. The van der Waals surface area contributed by atoms with E-state index in [9.17, 15) is 22.8 Å². The average Bonchev–Trinajstić information content (AvgIpc) is 2.35. The molecular weight excluding hydrogens is 357 g/mol. The highest BCUT2D eigenvalue weighted by Crippen LogP contribution is 2.33. The second-order valence-corrected chi connectivity index (χ2v) is 4.92. The van der Waals surface area contributed by atoms with E-state index in [-0.39, 0.29) is 29.5 Å². The van der Waals surface area contributed by atoms with E-state index in [4.69, 9.17) is 5.11 Å². The van der Waals surface area contributed by atoms with E-state index in [0.717, 1.165) is 18.2 Å². The summed E-state index contributed by atoms with van der Waals surface area (Å²) in [6.45, 7) is 0.149. The Balaban J connectivity index is 2.55. The van der Waals surface area contributed by atoms with Crippen LogP contribution in [0.1, 0.15) is 18.4 Å².